The van der Waals surface area contributed by atoms with Crippen molar-refractivity contribution in [2.45, 2.75) is 209 Å². The Bertz CT molecular complexity index is 6680. The second-order valence-corrected chi connectivity index (χ2v) is 39.9. The number of rotatable bonds is 2. The number of fused-ring (bicyclic) bond motifs is 40. The van der Waals surface area contributed by atoms with E-state index < -0.39 is 44.4 Å². The maximum atomic E-state index is 13.9. The van der Waals surface area contributed by atoms with E-state index in [4.69, 9.17) is 59.8 Å². The molecule has 8 aromatic carbocycles. The molecular weight excluding hydrogens is 1670 g/mol. The molecule has 0 unspecified atom stereocenters. The zero-order valence-electron chi connectivity index (χ0n) is 72.2. The van der Waals surface area contributed by atoms with Gasteiger partial charge in [0.25, 0.3) is 0 Å². The summed E-state index contributed by atoms with van der Waals surface area (Å²) < 4.78 is 0. The number of H-pyrrole nitrogens is 4. The number of nitrogens with one attached hydrogen (secondary N) is 4. The number of carboxylic acid groups (broad SMARTS) is 2. The Morgan fingerprint density at radius 1 is 0.235 bits per heavy atom. The van der Waals surface area contributed by atoms with E-state index in [0.717, 1.165) is 99.4 Å². The molecule has 0 fully saturated rings. The zero-order chi connectivity index (χ0) is 84.3. The summed E-state index contributed by atoms with van der Waals surface area (Å²) in [5, 5.41) is 33.5. The Morgan fingerprint density at radius 2 is 0.454 bits per heavy atom. The molecule has 6 aromatic heterocycles. The molecular formula is C98H98N16O4Pb. The molecule has 0 saturated carbocycles. The summed E-state index contributed by atoms with van der Waals surface area (Å²) in [7, 11) is 0. The molecule has 119 heavy (non-hydrogen) atoms. The summed E-state index contributed by atoms with van der Waals surface area (Å²) in [6.07, 6.45) is 0. The molecule has 0 atom stereocenters. The Labute approximate surface area is 711 Å². The maximum Gasteiger partial charge on any atom is 2.00 e. The van der Waals surface area contributed by atoms with Crippen LogP contribution < -0.4 is 10.2 Å². The Hall–Kier alpha value is -11.7. The molecule has 21 heteroatoms. The van der Waals surface area contributed by atoms with Gasteiger partial charge >= 0.3 is 27.3 Å². The number of aromatic amines is 4. The van der Waals surface area contributed by atoms with E-state index in [1.165, 1.54) is 0 Å². The van der Waals surface area contributed by atoms with Crippen molar-refractivity contribution in [3.8, 4) is 91.1 Å². The van der Waals surface area contributed by atoms with Crippen LogP contribution in [0.15, 0.2) is 133 Å². The average molecular weight is 1770 g/mol. The predicted octanol–water partition coefficient (Wildman–Crippen LogP) is 20.5. The van der Waals surface area contributed by atoms with Crippen LogP contribution in [0.5, 0.6) is 0 Å². The summed E-state index contributed by atoms with van der Waals surface area (Å²) in [6.45, 7) is 51.3. The van der Waals surface area contributed by atoms with Gasteiger partial charge in [-0.3, -0.25) is 0 Å². The first-order valence-electron chi connectivity index (χ1n) is 40.5. The molecule has 4 N–H and O–H groups in total. The molecule has 0 saturated heterocycles. The molecule has 4 aliphatic heterocycles. The fourth-order valence-electron chi connectivity index (χ4n) is 18.2. The number of aromatic nitrogens is 16. The van der Waals surface area contributed by atoms with Crippen molar-refractivity contribution >= 4 is 128 Å². The largest absolute Gasteiger partial charge is 2.00 e. The second-order valence-electron chi connectivity index (χ2n) is 39.9. The maximum absolute atomic E-state index is 13.9. The fraction of sp³-hybridized carbons (Fsp3) is 0.327. The molecule has 0 spiro atoms. The molecule has 2 radical (unpaired) electrons. The van der Waals surface area contributed by atoms with E-state index in [9.17, 15) is 19.8 Å². The van der Waals surface area contributed by atoms with Gasteiger partial charge in [0.1, 0.15) is 45.2 Å². The third-order valence-electron chi connectivity index (χ3n) is 22.8. The second kappa shape index (κ2) is 27.7. The van der Waals surface area contributed by atoms with E-state index in [0.29, 0.717) is 124 Å². The fourth-order valence-corrected chi connectivity index (χ4v) is 18.2. The number of benzene rings is 8. The molecule has 0 amide bonds. The van der Waals surface area contributed by atoms with Gasteiger partial charge < -0.3 is 39.7 Å². The average Bonchev–Trinajstić information content (AvgIpc) is 1.60. The normalized spacial score (nSPS) is 13.1. The Morgan fingerprint density at radius 3 is 0.714 bits per heavy atom. The van der Waals surface area contributed by atoms with Crippen molar-refractivity contribution in [3.05, 3.63) is 189 Å². The topological polar surface area (TPSA) is 298 Å². The van der Waals surface area contributed by atoms with Crippen molar-refractivity contribution in [1.82, 2.24) is 79.7 Å². The van der Waals surface area contributed by atoms with E-state index in [1.807, 2.05) is 121 Å². The van der Waals surface area contributed by atoms with Crippen LogP contribution in [0.4, 0.5) is 0 Å². The van der Waals surface area contributed by atoms with Crippen molar-refractivity contribution in [2.24, 2.45) is 0 Å². The van der Waals surface area contributed by atoms with Gasteiger partial charge in [-0.15, -0.1) is 0 Å². The van der Waals surface area contributed by atoms with Crippen LogP contribution in [-0.4, -0.2) is 119 Å². The van der Waals surface area contributed by atoms with Gasteiger partial charge in [0, 0.05) is 98.7 Å². The van der Waals surface area contributed by atoms with Gasteiger partial charge in [0.2, 0.25) is 0 Å². The quantitative estimate of drug-likeness (QED) is 0.117. The molecule has 0 aliphatic carbocycles. The van der Waals surface area contributed by atoms with Gasteiger partial charge in [-0.1, -0.05) is 300 Å². The van der Waals surface area contributed by atoms with Crippen LogP contribution in [0.1, 0.15) is 231 Å². The molecule has 14 aromatic rings. The van der Waals surface area contributed by atoms with Crippen LogP contribution in [0.2, 0.25) is 0 Å². The van der Waals surface area contributed by atoms with Gasteiger partial charge in [-0.05, 0) is 87.8 Å². The smallest absolute Gasteiger partial charge is 0.545 e. The van der Waals surface area contributed by atoms with Crippen molar-refractivity contribution in [1.29, 1.82) is 0 Å². The number of aromatic carboxylic acids is 2. The van der Waals surface area contributed by atoms with E-state index in [2.05, 4.69) is 198 Å². The number of carbonyl (C=O) groups excluding carboxylic acids is 2. The van der Waals surface area contributed by atoms with Gasteiger partial charge in [-0.2, -0.15) is 0 Å². The third kappa shape index (κ3) is 13.5. The van der Waals surface area contributed by atoms with Crippen LogP contribution >= 0.6 is 0 Å². The Balaban J connectivity index is 0.000000176. The summed E-state index contributed by atoms with van der Waals surface area (Å²) in [4.78, 5) is 105. The molecule has 10 heterocycles. The number of nitrogens with zero attached hydrogens (tertiary/aromatic N) is 12. The molecule has 598 valence electrons. The van der Waals surface area contributed by atoms with E-state index in [1.54, 1.807) is 0 Å². The van der Waals surface area contributed by atoms with Crippen molar-refractivity contribution in [2.75, 3.05) is 0 Å². The molecule has 4 aliphatic rings. The van der Waals surface area contributed by atoms with Gasteiger partial charge in [0.15, 0.2) is 46.6 Å². The minimum absolute atomic E-state index is 0. The summed E-state index contributed by atoms with van der Waals surface area (Å²) >= 11 is 0. The van der Waals surface area contributed by atoms with Gasteiger partial charge in [0.05, 0.1) is 11.9 Å². The van der Waals surface area contributed by atoms with Crippen molar-refractivity contribution in [3.63, 3.8) is 0 Å². The number of hydrogen-bond donors (Lipinski definition) is 4. The van der Waals surface area contributed by atoms with E-state index in [-0.39, 0.29) is 49.3 Å². The SMILES string of the molecule is CC(C)(C)c1cccc2c1-c1nc-2nc2[nH]c(nc3nc(nc4[nH]c(n1)c1c(C(C)(C)C)c(C(C)(C)C)c(C(C)(C)C)c(C(=O)[O-])c41)-c1ccccc1-3)c1ccccc21.CC(C)(C)c1cccc2c1-c1nc-2nc2[nH]c(nc3nc(nc4[nH]c(n1)c1c(C(C)(C)C)c(C(C)(C)C)c(C(C)(C)C)c(C(=O)[O-])c41)-c1ccccc1-3)c1ccccc21.[Pb+2]. The van der Waals surface area contributed by atoms with Crippen molar-refractivity contribution < 1.29 is 19.8 Å². The first-order chi connectivity index (χ1) is 55.2. The monoisotopic (exact) mass is 1770 g/mol. The standard InChI is InChI=1S/2C49H50N8O2.Pb/c2*1-46(2,3)29-23-17-22-28-30(29)42-55-41(28)53-39-25-19-14-13-18-24(25)37(51-39)50-38-26-20-15-16-21-27(26)40(52-38)54-43-31-32(44(56-42)57-43)34(47(4,5)6)36(49(10,11)12)35(48(7,8)9)33(31)45(58)59;/h2*13-23H,1-12H3,(H,58,59)(H2,50,51,52,53,54,55,56,57);/q;;+2/p-2. The molecule has 18 rings (SSSR count). The first kappa shape index (κ1) is 81.1. The number of hydrogen-bond acceptors (Lipinski definition) is 16. The number of carboxylic acids is 2. The minimum atomic E-state index is -1.28. The van der Waals surface area contributed by atoms with Crippen LogP contribution in [-0.2, 0) is 43.3 Å². The van der Waals surface area contributed by atoms with Crippen LogP contribution in [0, 0.1) is 0 Å². The first-order valence-corrected chi connectivity index (χ1v) is 40.5. The summed E-state index contributed by atoms with van der Waals surface area (Å²) in [5.74, 6) is 1.14. The summed E-state index contributed by atoms with van der Waals surface area (Å²) in [5.41, 5.74) is 14.6. The van der Waals surface area contributed by atoms with Crippen LogP contribution in [0.25, 0.3) is 179 Å². The van der Waals surface area contributed by atoms with Crippen LogP contribution in [0.3, 0.4) is 0 Å². The zero-order valence-corrected chi connectivity index (χ0v) is 76.1. The third-order valence-corrected chi connectivity index (χ3v) is 22.8. The summed E-state index contributed by atoms with van der Waals surface area (Å²) in [6, 6.07) is 44.1. The van der Waals surface area contributed by atoms with E-state index >= 15 is 0 Å². The van der Waals surface area contributed by atoms with Gasteiger partial charge in [-0.25, -0.2) is 59.8 Å². The number of carbonyl (C=O) groups is 2. The Kier molecular flexibility index (Phi) is 18.9. The minimum Gasteiger partial charge on any atom is -0.545 e. The predicted molar refractivity (Wildman–Crippen MR) is 476 cm³/mol. The molecule has 20 nitrogen and oxygen atoms in total. The molecule has 16 bridgehead atoms.